The number of aryl methyl sites for hydroxylation is 1. The fourth-order valence-corrected chi connectivity index (χ4v) is 5.58. The molecule has 37 heavy (non-hydrogen) atoms. The number of hydrogen-bond acceptors (Lipinski definition) is 4. The summed E-state index contributed by atoms with van der Waals surface area (Å²) >= 11 is 6.02. The lowest BCUT2D eigenvalue weighted by atomic mass is 10.1. The largest absolute Gasteiger partial charge is 0.355 e. The summed E-state index contributed by atoms with van der Waals surface area (Å²) in [7, 11) is -4.08. The van der Waals surface area contributed by atoms with Crippen molar-refractivity contribution >= 4 is 39.1 Å². The van der Waals surface area contributed by atoms with E-state index in [1.165, 1.54) is 17.0 Å². The van der Waals surface area contributed by atoms with E-state index in [1.807, 2.05) is 19.1 Å². The summed E-state index contributed by atoms with van der Waals surface area (Å²) < 4.78 is 28.8. The van der Waals surface area contributed by atoms with E-state index in [1.54, 1.807) is 68.4 Å². The molecule has 3 aromatic rings. The number of nitrogens with one attached hydrogen (secondary N) is 1. The number of amides is 2. The summed E-state index contributed by atoms with van der Waals surface area (Å²) in [4.78, 5) is 28.1. The highest BCUT2D eigenvalue weighted by Gasteiger charge is 2.33. The molecule has 3 aromatic carbocycles. The number of rotatable bonds is 11. The Bertz CT molecular complexity index is 1310. The van der Waals surface area contributed by atoms with Gasteiger partial charge >= 0.3 is 0 Å². The van der Waals surface area contributed by atoms with Crippen LogP contribution in [0.2, 0.25) is 5.02 Å². The maximum atomic E-state index is 13.8. The first-order chi connectivity index (χ1) is 17.7. The number of anilines is 1. The zero-order chi connectivity index (χ0) is 27.0. The Balaban J connectivity index is 2.05. The molecule has 0 spiro atoms. The van der Waals surface area contributed by atoms with Crippen LogP contribution in [-0.4, -0.2) is 44.3 Å². The summed E-state index contributed by atoms with van der Waals surface area (Å²) in [5.74, 6) is -0.824. The molecule has 1 N–H and O–H groups in total. The molecule has 196 valence electrons. The molecule has 0 aliphatic rings. The number of likely N-dealkylation sites (N-methyl/N-ethyl adjacent to an activating group) is 1. The number of hydrogen-bond donors (Lipinski definition) is 1. The molecule has 0 radical (unpaired) electrons. The van der Waals surface area contributed by atoms with Crippen molar-refractivity contribution in [1.82, 2.24) is 10.2 Å². The highest BCUT2D eigenvalue weighted by Crippen LogP contribution is 2.28. The topological polar surface area (TPSA) is 86.8 Å². The van der Waals surface area contributed by atoms with Gasteiger partial charge in [-0.15, -0.1) is 0 Å². The maximum absolute atomic E-state index is 13.8. The van der Waals surface area contributed by atoms with Gasteiger partial charge in [-0.3, -0.25) is 13.9 Å². The van der Waals surface area contributed by atoms with E-state index in [0.717, 1.165) is 15.4 Å². The third kappa shape index (κ3) is 6.90. The van der Waals surface area contributed by atoms with Gasteiger partial charge in [0.25, 0.3) is 10.0 Å². The van der Waals surface area contributed by atoms with Crippen LogP contribution in [0, 0.1) is 0 Å². The van der Waals surface area contributed by atoms with Crippen LogP contribution in [0.4, 0.5) is 5.69 Å². The number of nitrogens with zero attached hydrogens (tertiary/aromatic N) is 2. The second-order valence-corrected chi connectivity index (χ2v) is 10.8. The van der Waals surface area contributed by atoms with Gasteiger partial charge in [-0.2, -0.15) is 0 Å². The lowest BCUT2D eigenvalue weighted by molar-refractivity contribution is -0.139. The van der Waals surface area contributed by atoms with Crippen LogP contribution < -0.4 is 9.62 Å². The van der Waals surface area contributed by atoms with Gasteiger partial charge in [-0.25, -0.2) is 8.42 Å². The number of benzene rings is 3. The van der Waals surface area contributed by atoms with E-state index >= 15 is 0 Å². The van der Waals surface area contributed by atoms with Crippen LogP contribution in [0.15, 0.2) is 83.8 Å². The van der Waals surface area contributed by atoms with Crippen LogP contribution in [0.1, 0.15) is 31.9 Å². The quantitative estimate of drug-likeness (QED) is 0.383. The fraction of sp³-hybridized carbons (Fsp3) is 0.286. The van der Waals surface area contributed by atoms with Crippen LogP contribution in [0.3, 0.4) is 0 Å². The Morgan fingerprint density at radius 1 is 0.919 bits per heavy atom. The zero-order valence-corrected chi connectivity index (χ0v) is 22.8. The van der Waals surface area contributed by atoms with Gasteiger partial charge in [-0.1, -0.05) is 67.1 Å². The zero-order valence-electron chi connectivity index (χ0n) is 21.2. The summed E-state index contributed by atoms with van der Waals surface area (Å²) in [6, 6.07) is 21.3. The first-order valence-corrected chi connectivity index (χ1v) is 14.0. The molecule has 7 nitrogen and oxygen atoms in total. The Morgan fingerprint density at radius 2 is 1.54 bits per heavy atom. The van der Waals surface area contributed by atoms with E-state index < -0.39 is 28.5 Å². The van der Waals surface area contributed by atoms with Crippen LogP contribution in [0.5, 0.6) is 0 Å². The van der Waals surface area contributed by atoms with Gasteiger partial charge in [0.2, 0.25) is 11.8 Å². The van der Waals surface area contributed by atoms with Gasteiger partial charge in [0.1, 0.15) is 12.6 Å². The van der Waals surface area contributed by atoms with Crippen molar-refractivity contribution in [3.63, 3.8) is 0 Å². The summed E-state index contributed by atoms with van der Waals surface area (Å²) in [5, 5.41) is 3.30. The third-order valence-corrected chi connectivity index (χ3v) is 8.06. The minimum absolute atomic E-state index is 0.0785. The van der Waals surface area contributed by atoms with Crippen LogP contribution in [-0.2, 0) is 32.6 Å². The average Bonchev–Trinajstić information content (AvgIpc) is 2.91. The molecule has 0 heterocycles. The first-order valence-electron chi connectivity index (χ1n) is 12.2. The smallest absolute Gasteiger partial charge is 0.264 e. The van der Waals surface area contributed by atoms with Crippen molar-refractivity contribution < 1.29 is 18.0 Å². The number of para-hydroxylation sites is 1. The van der Waals surface area contributed by atoms with E-state index in [0.29, 0.717) is 23.7 Å². The number of carbonyl (C=O) groups excluding carboxylic acids is 2. The SMILES string of the molecule is CCNC(=O)C(C)N(Cc1ccc(Cl)cc1)C(=O)CN(c1ccccc1CC)S(=O)(=O)c1ccccc1. The standard InChI is InChI=1S/C28H32ClN3O4S/c1-4-23-11-9-10-14-26(23)32(37(35,36)25-12-7-6-8-13-25)20-27(33)31(21(3)28(34)30-5-2)19-22-15-17-24(29)18-16-22/h6-18,21H,4-5,19-20H2,1-3H3,(H,30,34). The molecular weight excluding hydrogens is 510 g/mol. The number of sulfonamides is 1. The summed E-state index contributed by atoms with van der Waals surface area (Å²) in [6.45, 7) is 5.41. The van der Waals surface area contributed by atoms with E-state index in [-0.39, 0.29) is 17.3 Å². The molecule has 0 saturated heterocycles. The molecule has 0 saturated carbocycles. The van der Waals surface area contributed by atoms with Crippen molar-refractivity contribution in [1.29, 1.82) is 0 Å². The monoisotopic (exact) mass is 541 g/mol. The molecule has 1 unspecified atom stereocenters. The highest BCUT2D eigenvalue weighted by molar-refractivity contribution is 7.92. The second kappa shape index (κ2) is 12.7. The normalized spacial score (nSPS) is 12.0. The molecule has 0 aliphatic carbocycles. The van der Waals surface area contributed by atoms with Crippen molar-refractivity contribution in [2.75, 3.05) is 17.4 Å². The molecule has 0 aliphatic heterocycles. The molecule has 2 amide bonds. The van der Waals surface area contributed by atoms with Gasteiger partial charge in [0.05, 0.1) is 10.6 Å². The lowest BCUT2D eigenvalue weighted by Gasteiger charge is -2.32. The molecule has 0 aromatic heterocycles. The maximum Gasteiger partial charge on any atom is 0.264 e. The van der Waals surface area contributed by atoms with Crippen LogP contribution in [0.25, 0.3) is 0 Å². The number of halogens is 1. The summed E-state index contributed by atoms with van der Waals surface area (Å²) in [5.41, 5.74) is 1.98. The molecule has 9 heteroatoms. The van der Waals surface area contributed by atoms with Crippen molar-refractivity contribution in [3.05, 3.63) is 95.0 Å². The van der Waals surface area contributed by atoms with Crippen molar-refractivity contribution in [2.24, 2.45) is 0 Å². The van der Waals surface area contributed by atoms with Gasteiger partial charge < -0.3 is 10.2 Å². The van der Waals surface area contributed by atoms with E-state index in [2.05, 4.69) is 5.32 Å². The predicted molar refractivity (Wildman–Crippen MR) is 147 cm³/mol. The van der Waals surface area contributed by atoms with Gasteiger partial charge in [0, 0.05) is 18.1 Å². The molecular formula is C28H32ClN3O4S. The predicted octanol–water partition coefficient (Wildman–Crippen LogP) is 4.65. The highest BCUT2D eigenvalue weighted by atomic mass is 35.5. The minimum Gasteiger partial charge on any atom is -0.355 e. The van der Waals surface area contributed by atoms with Crippen LogP contribution >= 0.6 is 11.6 Å². The molecule has 3 rings (SSSR count). The Kier molecular flexibility index (Phi) is 9.72. The minimum atomic E-state index is -4.08. The fourth-order valence-electron chi connectivity index (χ4n) is 3.98. The van der Waals surface area contributed by atoms with Gasteiger partial charge in [-0.05, 0) is 61.7 Å². The van der Waals surface area contributed by atoms with Crippen molar-refractivity contribution in [2.45, 2.75) is 44.7 Å². The Hall–Kier alpha value is -3.36. The van der Waals surface area contributed by atoms with Gasteiger partial charge in [0.15, 0.2) is 0 Å². The van der Waals surface area contributed by atoms with E-state index in [9.17, 15) is 18.0 Å². The second-order valence-electron chi connectivity index (χ2n) is 8.53. The first kappa shape index (κ1) is 28.2. The number of carbonyl (C=O) groups is 2. The molecule has 0 fully saturated rings. The Morgan fingerprint density at radius 3 is 2.16 bits per heavy atom. The summed E-state index contributed by atoms with van der Waals surface area (Å²) in [6.07, 6.45) is 0.578. The molecule has 0 bridgehead atoms. The Labute approximate surface area is 224 Å². The third-order valence-electron chi connectivity index (χ3n) is 6.04. The molecule has 1 atom stereocenters. The van der Waals surface area contributed by atoms with E-state index in [4.69, 9.17) is 11.6 Å². The van der Waals surface area contributed by atoms with Crippen molar-refractivity contribution in [3.8, 4) is 0 Å². The lowest BCUT2D eigenvalue weighted by Crippen LogP contribution is -2.51. The average molecular weight is 542 g/mol.